The number of nitrogens with zero attached hydrogens (tertiary/aromatic N) is 2. The van der Waals surface area contributed by atoms with Gasteiger partial charge in [0.05, 0.1) is 18.1 Å². The zero-order valence-corrected chi connectivity index (χ0v) is 13.1. The lowest BCUT2D eigenvalue weighted by molar-refractivity contribution is -0.384. The van der Waals surface area contributed by atoms with E-state index in [1.165, 1.54) is 12.1 Å². The first-order valence-corrected chi connectivity index (χ1v) is 7.03. The van der Waals surface area contributed by atoms with E-state index in [0.29, 0.717) is 5.56 Å². The number of nitro benzene ring substituents is 1. The molecule has 0 amide bonds. The number of rotatable bonds is 7. The molecule has 0 saturated carbocycles. The fraction of sp³-hybridized carbons (Fsp3) is 0.400. The van der Waals surface area contributed by atoms with Crippen molar-refractivity contribution in [3.63, 3.8) is 0 Å². The normalized spacial score (nSPS) is 10.8. The molecule has 0 radical (unpaired) electrons. The number of ether oxygens (including phenoxy) is 2. The molecular formula is C15H18N2O6. The second kappa shape index (κ2) is 8.62. The van der Waals surface area contributed by atoms with Crippen LogP contribution in [0.5, 0.6) is 0 Å². The summed E-state index contributed by atoms with van der Waals surface area (Å²) in [7, 11) is 0. The molecule has 1 rings (SSSR count). The van der Waals surface area contributed by atoms with Crippen molar-refractivity contribution >= 4 is 29.5 Å². The Labute approximate surface area is 133 Å². The van der Waals surface area contributed by atoms with E-state index in [1.54, 1.807) is 26.8 Å². The number of benzene rings is 1. The van der Waals surface area contributed by atoms with Crippen LogP contribution >= 0.6 is 0 Å². The largest absolute Gasteiger partial charge is 0.465 e. The van der Waals surface area contributed by atoms with Gasteiger partial charge in [0.2, 0.25) is 0 Å². The molecule has 0 aliphatic rings. The highest BCUT2D eigenvalue weighted by Crippen LogP contribution is 2.28. The molecule has 1 aromatic rings. The highest BCUT2D eigenvalue weighted by molar-refractivity contribution is 6.09. The number of nitro groups is 1. The van der Waals surface area contributed by atoms with Crippen LogP contribution in [-0.2, 0) is 19.1 Å². The third-order valence-corrected chi connectivity index (χ3v) is 2.77. The predicted molar refractivity (Wildman–Crippen MR) is 82.7 cm³/mol. The predicted octanol–water partition coefficient (Wildman–Crippen LogP) is 2.35. The van der Waals surface area contributed by atoms with E-state index in [1.807, 2.05) is 0 Å². The number of esters is 2. The molecule has 0 aliphatic carbocycles. The van der Waals surface area contributed by atoms with Gasteiger partial charge in [0, 0.05) is 12.3 Å². The Kier molecular flexibility index (Phi) is 6.85. The Morgan fingerprint density at radius 2 is 1.83 bits per heavy atom. The molecule has 0 N–H and O–H groups in total. The Bertz CT molecular complexity index is 608. The van der Waals surface area contributed by atoms with Crippen LogP contribution in [0.25, 0.3) is 0 Å². The third kappa shape index (κ3) is 5.17. The van der Waals surface area contributed by atoms with Crippen molar-refractivity contribution in [2.24, 2.45) is 10.9 Å². The summed E-state index contributed by atoms with van der Waals surface area (Å²) in [5, 5.41) is 11.0. The third-order valence-electron chi connectivity index (χ3n) is 2.77. The fourth-order valence-electron chi connectivity index (χ4n) is 1.73. The van der Waals surface area contributed by atoms with Crippen LogP contribution in [0.15, 0.2) is 23.2 Å². The summed E-state index contributed by atoms with van der Waals surface area (Å²) < 4.78 is 9.58. The van der Waals surface area contributed by atoms with Crippen LogP contribution in [0.3, 0.4) is 0 Å². The van der Waals surface area contributed by atoms with E-state index in [0.717, 1.165) is 6.21 Å². The second-order valence-corrected chi connectivity index (χ2v) is 4.51. The van der Waals surface area contributed by atoms with Crippen LogP contribution in [0.2, 0.25) is 0 Å². The molecule has 0 bridgehead atoms. The van der Waals surface area contributed by atoms with Crippen LogP contribution in [0.4, 0.5) is 11.4 Å². The van der Waals surface area contributed by atoms with Gasteiger partial charge < -0.3 is 9.47 Å². The molecular weight excluding hydrogens is 304 g/mol. The SMILES string of the molecule is CCOC(=O)C(C=Nc1ccc(C)cc1[N+](=O)[O-])C(=O)OCC. The first-order chi connectivity index (χ1) is 10.9. The van der Waals surface area contributed by atoms with Crippen LogP contribution in [0.1, 0.15) is 19.4 Å². The molecule has 1 aromatic carbocycles. The van der Waals surface area contributed by atoms with Gasteiger partial charge in [-0.15, -0.1) is 0 Å². The molecule has 8 heteroatoms. The quantitative estimate of drug-likeness (QED) is 0.251. The number of aryl methyl sites for hydroxylation is 1. The Balaban J connectivity index is 3.12. The lowest BCUT2D eigenvalue weighted by Crippen LogP contribution is -2.29. The van der Waals surface area contributed by atoms with E-state index >= 15 is 0 Å². The van der Waals surface area contributed by atoms with Crippen molar-refractivity contribution in [3.8, 4) is 0 Å². The molecule has 0 spiro atoms. The number of carbonyl (C=O) groups is 2. The molecule has 0 heterocycles. The maximum Gasteiger partial charge on any atom is 0.325 e. The molecule has 124 valence electrons. The minimum absolute atomic E-state index is 0.0409. The van der Waals surface area contributed by atoms with Gasteiger partial charge in [0.25, 0.3) is 5.69 Å². The highest BCUT2D eigenvalue weighted by atomic mass is 16.6. The summed E-state index contributed by atoms with van der Waals surface area (Å²) in [4.78, 5) is 38.0. The molecule has 0 unspecified atom stereocenters. The summed E-state index contributed by atoms with van der Waals surface area (Å²) >= 11 is 0. The molecule has 0 aromatic heterocycles. The number of aliphatic imine (C=N–C) groups is 1. The van der Waals surface area contributed by atoms with Gasteiger partial charge in [-0.3, -0.25) is 24.7 Å². The molecule has 0 aliphatic heterocycles. The van der Waals surface area contributed by atoms with E-state index < -0.39 is 22.8 Å². The van der Waals surface area contributed by atoms with Crippen LogP contribution < -0.4 is 0 Å². The smallest absolute Gasteiger partial charge is 0.325 e. The number of hydrogen-bond donors (Lipinski definition) is 0. The first-order valence-electron chi connectivity index (χ1n) is 7.03. The van der Waals surface area contributed by atoms with Crippen molar-refractivity contribution in [1.29, 1.82) is 0 Å². The van der Waals surface area contributed by atoms with Crippen LogP contribution in [-0.4, -0.2) is 36.3 Å². The summed E-state index contributed by atoms with van der Waals surface area (Å²) in [6.45, 7) is 5.09. The standard InChI is InChI=1S/C15H18N2O6/c1-4-22-14(18)11(15(19)23-5-2)9-16-12-7-6-10(3)8-13(12)17(20)21/h6-9,11H,4-5H2,1-3H3. The minimum atomic E-state index is -1.36. The van der Waals surface area contributed by atoms with Crippen molar-refractivity contribution in [2.45, 2.75) is 20.8 Å². The van der Waals surface area contributed by atoms with Gasteiger partial charge in [-0.25, -0.2) is 0 Å². The summed E-state index contributed by atoms with van der Waals surface area (Å²) in [6, 6.07) is 4.44. The van der Waals surface area contributed by atoms with Gasteiger partial charge in [0.1, 0.15) is 5.69 Å². The van der Waals surface area contributed by atoms with Gasteiger partial charge in [-0.05, 0) is 32.4 Å². The van der Waals surface area contributed by atoms with Crippen molar-refractivity contribution in [3.05, 3.63) is 33.9 Å². The summed E-state index contributed by atoms with van der Waals surface area (Å²) in [5.74, 6) is -3.00. The van der Waals surface area contributed by atoms with Crippen molar-refractivity contribution in [1.82, 2.24) is 0 Å². The molecule has 0 saturated heterocycles. The van der Waals surface area contributed by atoms with E-state index in [-0.39, 0.29) is 24.6 Å². The van der Waals surface area contributed by atoms with Crippen LogP contribution in [0, 0.1) is 23.0 Å². The zero-order chi connectivity index (χ0) is 17.4. The van der Waals surface area contributed by atoms with Gasteiger partial charge in [0.15, 0.2) is 5.92 Å². The Hall–Kier alpha value is -2.77. The molecule has 23 heavy (non-hydrogen) atoms. The molecule has 8 nitrogen and oxygen atoms in total. The molecule has 0 fully saturated rings. The second-order valence-electron chi connectivity index (χ2n) is 4.51. The number of hydrogen-bond acceptors (Lipinski definition) is 7. The summed E-state index contributed by atoms with van der Waals surface area (Å²) in [5.41, 5.74) is 0.523. The van der Waals surface area contributed by atoms with Gasteiger partial charge in [-0.2, -0.15) is 0 Å². The maximum absolute atomic E-state index is 11.8. The Morgan fingerprint density at radius 3 is 2.30 bits per heavy atom. The van der Waals surface area contributed by atoms with E-state index in [9.17, 15) is 19.7 Å². The average molecular weight is 322 g/mol. The van der Waals surface area contributed by atoms with E-state index in [2.05, 4.69) is 4.99 Å². The van der Waals surface area contributed by atoms with Gasteiger partial charge >= 0.3 is 11.9 Å². The van der Waals surface area contributed by atoms with Crippen molar-refractivity contribution in [2.75, 3.05) is 13.2 Å². The fourth-order valence-corrected chi connectivity index (χ4v) is 1.73. The topological polar surface area (TPSA) is 108 Å². The van der Waals surface area contributed by atoms with E-state index in [4.69, 9.17) is 9.47 Å². The van der Waals surface area contributed by atoms with Crippen molar-refractivity contribution < 1.29 is 24.0 Å². The molecule has 0 atom stereocenters. The maximum atomic E-state index is 11.8. The monoisotopic (exact) mass is 322 g/mol. The minimum Gasteiger partial charge on any atom is -0.465 e. The van der Waals surface area contributed by atoms with Gasteiger partial charge in [-0.1, -0.05) is 6.07 Å². The summed E-state index contributed by atoms with van der Waals surface area (Å²) in [6.07, 6.45) is 1.01. The highest BCUT2D eigenvalue weighted by Gasteiger charge is 2.28. The average Bonchev–Trinajstić information content (AvgIpc) is 2.49. The lowest BCUT2D eigenvalue weighted by atomic mass is 10.1. The lowest BCUT2D eigenvalue weighted by Gasteiger charge is -2.10. The first kappa shape index (κ1) is 18.3. The Morgan fingerprint density at radius 1 is 1.26 bits per heavy atom. The zero-order valence-electron chi connectivity index (χ0n) is 13.1. The number of carbonyl (C=O) groups excluding carboxylic acids is 2.